The molecule has 1 fully saturated rings. The van der Waals surface area contributed by atoms with Gasteiger partial charge in [0.1, 0.15) is 11.6 Å². The Kier molecular flexibility index (Phi) is 7.06. The van der Waals surface area contributed by atoms with E-state index in [1.54, 1.807) is 6.07 Å². The number of benzene rings is 2. The minimum atomic E-state index is -1.09. The van der Waals surface area contributed by atoms with Crippen LogP contribution in [0.5, 0.6) is 0 Å². The van der Waals surface area contributed by atoms with Gasteiger partial charge in [-0.3, -0.25) is 4.79 Å². The number of morpholine rings is 1. The molecule has 0 radical (unpaired) electrons. The largest absolute Gasteiger partial charge is 0.476 e. The van der Waals surface area contributed by atoms with Crippen molar-refractivity contribution >= 4 is 11.9 Å². The first-order valence-electron chi connectivity index (χ1n) is 9.31. The second-order valence-electron chi connectivity index (χ2n) is 6.59. The summed E-state index contributed by atoms with van der Waals surface area (Å²) < 4.78 is 32.9. The topological polar surface area (TPSA) is 119 Å². The molecule has 0 spiro atoms. The zero-order chi connectivity index (χ0) is 22.4. The molecule has 2 aromatic carbocycles. The number of carbonyl (C=O) groups is 2. The third-order valence-corrected chi connectivity index (χ3v) is 4.46. The highest BCUT2D eigenvalue weighted by molar-refractivity contribution is 5.93. The van der Waals surface area contributed by atoms with Gasteiger partial charge in [0, 0.05) is 19.3 Å². The van der Waals surface area contributed by atoms with Crippen molar-refractivity contribution in [1.82, 2.24) is 15.1 Å². The first kappa shape index (κ1) is 22.1. The van der Waals surface area contributed by atoms with Crippen LogP contribution in [-0.2, 0) is 4.74 Å². The fraction of sp³-hybridized carbons (Fsp3) is 0.190. The summed E-state index contributed by atoms with van der Waals surface area (Å²) in [5.41, 5.74) is 6.22. The van der Waals surface area contributed by atoms with Crippen LogP contribution in [0.3, 0.4) is 0 Å². The Labute approximate surface area is 176 Å². The molecule has 1 amide bonds. The number of nitrogens with one attached hydrogen (secondary N) is 1. The summed E-state index contributed by atoms with van der Waals surface area (Å²) in [6.07, 6.45) is 1.35. The molecule has 1 aromatic heterocycles. The molecule has 4 rings (SSSR count). The fourth-order valence-electron chi connectivity index (χ4n) is 2.89. The van der Waals surface area contributed by atoms with Crippen LogP contribution >= 0.6 is 0 Å². The summed E-state index contributed by atoms with van der Waals surface area (Å²) in [6.45, 7) is 2.05. The number of rotatable bonds is 4. The van der Waals surface area contributed by atoms with Crippen LogP contribution < -0.4 is 11.1 Å². The van der Waals surface area contributed by atoms with E-state index in [1.165, 1.54) is 53.3 Å². The molecular weight excluding hydrogens is 410 g/mol. The lowest BCUT2D eigenvalue weighted by atomic mass is 10.1. The molecule has 0 saturated carbocycles. The van der Waals surface area contributed by atoms with E-state index < -0.39 is 17.7 Å². The van der Waals surface area contributed by atoms with Crippen LogP contribution in [0.25, 0.3) is 5.69 Å². The first-order chi connectivity index (χ1) is 14.8. The molecule has 3 aromatic rings. The standard InChI is InChI=1S/C11H13FN2O2.C10H7FN2O2/c12-9-5-7(1-2-8(9)11(13)15)10-6-14-3-4-16-10;11-7-1-3-8(4-2-7)13-6-5-9(12-13)10(14)15/h1-2,5,10,14H,3-4,6H2,(H2,13,15);1-6H,(H,14,15)/t10-;/m1./s1. The highest BCUT2D eigenvalue weighted by Gasteiger charge is 2.18. The maximum absolute atomic E-state index is 13.5. The highest BCUT2D eigenvalue weighted by atomic mass is 19.1. The molecule has 31 heavy (non-hydrogen) atoms. The quantitative estimate of drug-likeness (QED) is 0.584. The highest BCUT2D eigenvalue weighted by Crippen LogP contribution is 2.21. The number of hydrogen-bond donors (Lipinski definition) is 3. The fourth-order valence-corrected chi connectivity index (χ4v) is 2.89. The van der Waals surface area contributed by atoms with Gasteiger partial charge in [0.15, 0.2) is 5.69 Å². The van der Waals surface area contributed by atoms with Crippen molar-refractivity contribution in [1.29, 1.82) is 0 Å². The molecule has 0 bridgehead atoms. The Morgan fingerprint density at radius 3 is 2.45 bits per heavy atom. The molecule has 0 unspecified atom stereocenters. The normalized spacial score (nSPS) is 15.6. The van der Waals surface area contributed by atoms with E-state index in [0.29, 0.717) is 18.8 Å². The lowest BCUT2D eigenvalue weighted by Crippen LogP contribution is -2.33. The SMILES string of the molecule is NC(=O)c1ccc([C@H]2CNCCO2)cc1F.O=C(O)c1ccn(-c2ccc(F)cc2)n1. The average molecular weight is 430 g/mol. The maximum atomic E-state index is 13.5. The zero-order valence-corrected chi connectivity index (χ0v) is 16.3. The van der Waals surface area contributed by atoms with E-state index >= 15 is 0 Å². The molecule has 1 saturated heterocycles. The molecule has 4 N–H and O–H groups in total. The summed E-state index contributed by atoms with van der Waals surface area (Å²) >= 11 is 0. The second-order valence-corrected chi connectivity index (χ2v) is 6.59. The number of amides is 1. The van der Waals surface area contributed by atoms with Gasteiger partial charge in [-0.15, -0.1) is 0 Å². The van der Waals surface area contributed by atoms with E-state index in [4.69, 9.17) is 15.6 Å². The molecular formula is C21H20F2N4O4. The summed E-state index contributed by atoms with van der Waals surface area (Å²) in [7, 11) is 0. The number of aromatic nitrogens is 2. The van der Waals surface area contributed by atoms with E-state index in [1.807, 2.05) is 0 Å². The molecule has 2 heterocycles. The van der Waals surface area contributed by atoms with Crippen molar-refractivity contribution < 1.29 is 28.2 Å². The molecule has 1 aliphatic heterocycles. The van der Waals surface area contributed by atoms with Gasteiger partial charge in [-0.25, -0.2) is 18.3 Å². The van der Waals surface area contributed by atoms with E-state index in [0.717, 1.165) is 12.1 Å². The van der Waals surface area contributed by atoms with Crippen molar-refractivity contribution in [3.8, 4) is 5.69 Å². The number of halogens is 2. The summed E-state index contributed by atoms with van der Waals surface area (Å²) in [5, 5.41) is 15.6. The third kappa shape index (κ3) is 5.71. The number of carbonyl (C=O) groups excluding carboxylic acids is 1. The molecule has 162 valence electrons. The predicted molar refractivity (Wildman–Crippen MR) is 107 cm³/mol. The molecule has 0 aliphatic carbocycles. The van der Waals surface area contributed by atoms with Crippen LogP contribution in [0.4, 0.5) is 8.78 Å². The van der Waals surface area contributed by atoms with Gasteiger partial charge in [-0.2, -0.15) is 5.10 Å². The zero-order valence-electron chi connectivity index (χ0n) is 16.3. The Balaban J connectivity index is 0.000000176. The van der Waals surface area contributed by atoms with Crippen LogP contribution in [0.1, 0.15) is 32.5 Å². The molecule has 8 nitrogen and oxygen atoms in total. The third-order valence-electron chi connectivity index (χ3n) is 4.46. The van der Waals surface area contributed by atoms with Crippen molar-refractivity contribution in [2.45, 2.75) is 6.10 Å². The number of carboxylic acid groups (broad SMARTS) is 1. The number of primary amides is 1. The van der Waals surface area contributed by atoms with Gasteiger partial charge in [0.25, 0.3) is 5.91 Å². The Morgan fingerprint density at radius 1 is 1.16 bits per heavy atom. The van der Waals surface area contributed by atoms with Crippen LogP contribution in [0.15, 0.2) is 54.7 Å². The van der Waals surface area contributed by atoms with E-state index in [-0.39, 0.29) is 23.2 Å². The molecule has 1 atom stereocenters. The minimum absolute atomic E-state index is 0.0423. The van der Waals surface area contributed by atoms with Crippen LogP contribution in [0.2, 0.25) is 0 Å². The summed E-state index contributed by atoms with van der Waals surface area (Å²) in [4.78, 5) is 21.4. The second kappa shape index (κ2) is 9.92. The van der Waals surface area contributed by atoms with Gasteiger partial charge in [-0.1, -0.05) is 6.07 Å². The number of nitrogens with two attached hydrogens (primary N) is 1. The smallest absolute Gasteiger partial charge is 0.356 e. The van der Waals surface area contributed by atoms with Gasteiger partial charge in [-0.05, 0) is 48.0 Å². The van der Waals surface area contributed by atoms with Crippen LogP contribution in [0, 0.1) is 11.6 Å². The van der Waals surface area contributed by atoms with Gasteiger partial charge in [0.05, 0.1) is 24.0 Å². The average Bonchev–Trinajstić information content (AvgIpc) is 3.26. The Morgan fingerprint density at radius 2 is 1.90 bits per heavy atom. The predicted octanol–water partition coefficient (Wildman–Crippen LogP) is 2.30. The molecule has 10 heteroatoms. The van der Waals surface area contributed by atoms with Crippen molar-refractivity contribution in [3.63, 3.8) is 0 Å². The van der Waals surface area contributed by atoms with Crippen molar-refractivity contribution in [2.24, 2.45) is 5.73 Å². The molecule has 1 aliphatic rings. The van der Waals surface area contributed by atoms with Crippen LogP contribution in [-0.4, -0.2) is 46.5 Å². The summed E-state index contributed by atoms with van der Waals surface area (Å²) in [6, 6.07) is 11.4. The first-order valence-corrected chi connectivity index (χ1v) is 9.31. The number of aromatic carboxylic acids is 1. The Hall–Kier alpha value is -3.63. The van der Waals surface area contributed by atoms with E-state index in [9.17, 15) is 18.4 Å². The van der Waals surface area contributed by atoms with Gasteiger partial charge in [0.2, 0.25) is 0 Å². The Bertz CT molecular complexity index is 1060. The lowest BCUT2D eigenvalue weighted by Gasteiger charge is -2.24. The van der Waals surface area contributed by atoms with Crippen molar-refractivity contribution in [3.05, 3.63) is 83.2 Å². The maximum Gasteiger partial charge on any atom is 0.356 e. The minimum Gasteiger partial charge on any atom is -0.476 e. The number of nitrogens with zero attached hydrogens (tertiary/aromatic N) is 2. The number of carboxylic acids is 1. The summed E-state index contributed by atoms with van der Waals surface area (Å²) in [5.74, 6) is -2.79. The number of hydrogen-bond acceptors (Lipinski definition) is 5. The lowest BCUT2D eigenvalue weighted by molar-refractivity contribution is 0.0275. The number of ether oxygens (including phenoxy) is 1. The van der Waals surface area contributed by atoms with Crippen molar-refractivity contribution in [2.75, 3.05) is 19.7 Å². The van der Waals surface area contributed by atoms with Gasteiger partial charge < -0.3 is 20.9 Å². The monoisotopic (exact) mass is 430 g/mol. The van der Waals surface area contributed by atoms with E-state index in [2.05, 4.69) is 10.4 Å². The van der Waals surface area contributed by atoms with Gasteiger partial charge >= 0.3 is 5.97 Å².